The molecule has 0 saturated carbocycles. The number of nitrogen functional groups attached to an aromatic ring is 1. The molecule has 2 rings (SSSR count). The second-order valence-electron chi connectivity index (χ2n) is 5.61. The number of hydrogen-bond acceptors (Lipinski definition) is 5. The lowest BCUT2D eigenvalue weighted by Gasteiger charge is -2.09. The number of aromatic nitrogens is 4. The zero-order valence-electron chi connectivity index (χ0n) is 14.2. The fraction of sp³-hybridized carbons (Fsp3) is 0.625. The summed E-state index contributed by atoms with van der Waals surface area (Å²) in [4.78, 5) is 21.6. The average Bonchev–Trinajstić information content (AvgIpc) is 2.87. The van der Waals surface area contributed by atoms with Crippen LogP contribution in [0.3, 0.4) is 0 Å². The first-order valence-corrected chi connectivity index (χ1v) is 8.43. The molecule has 0 atom stereocenters. The maximum atomic E-state index is 12.5. The highest BCUT2D eigenvalue weighted by atomic mass is 16.1. The summed E-state index contributed by atoms with van der Waals surface area (Å²) in [7, 11) is 0. The molecule has 3 N–H and O–H groups in total. The van der Waals surface area contributed by atoms with Gasteiger partial charge in [0.1, 0.15) is 0 Å². The first kappa shape index (κ1) is 17.2. The number of hydrogen-bond donors (Lipinski definition) is 2. The van der Waals surface area contributed by atoms with Crippen LogP contribution in [0, 0.1) is 0 Å². The number of carbonyl (C=O) groups excluding carboxylic acids is 1. The lowest BCUT2D eigenvalue weighted by Crippen LogP contribution is -2.27. The molecule has 0 aromatic carbocycles. The smallest absolute Gasteiger partial charge is 0.271 e. The fourth-order valence-corrected chi connectivity index (χ4v) is 2.42. The normalized spacial score (nSPS) is 11.1. The third kappa shape index (κ3) is 3.78. The molecule has 0 aliphatic carbocycles. The van der Waals surface area contributed by atoms with Crippen LogP contribution in [0.1, 0.15) is 62.6 Å². The molecule has 0 radical (unpaired) electrons. The average molecular weight is 318 g/mol. The maximum absolute atomic E-state index is 12.5. The van der Waals surface area contributed by atoms with Crippen molar-refractivity contribution in [1.82, 2.24) is 25.1 Å². The van der Waals surface area contributed by atoms with Crippen molar-refractivity contribution in [3.63, 3.8) is 0 Å². The molecule has 2 aromatic heterocycles. The zero-order chi connectivity index (χ0) is 16.8. The van der Waals surface area contributed by atoms with Gasteiger partial charge in [-0.15, -0.1) is 0 Å². The van der Waals surface area contributed by atoms with E-state index < -0.39 is 0 Å². The Bertz CT molecular complexity index is 679. The van der Waals surface area contributed by atoms with Crippen molar-refractivity contribution in [2.24, 2.45) is 0 Å². The summed E-state index contributed by atoms with van der Waals surface area (Å²) in [5.41, 5.74) is 8.19. The van der Waals surface area contributed by atoms with Crippen molar-refractivity contribution in [2.45, 2.75) is 59.4 Å². The van der Waals surface area contributed by atoms with E-state index in [1.54, 1.807) is 4.68 Å². The van der Waals surface area contributed by atoms with Crippen molar-refractivity contribution in [3.05, 3.63) is 11.4 Å². The van der Waals surface area contributed by atoms with Crippen LogP contribution in [0.25, 0.3) is 11.2 Å². The molecule has 0 bridgehead atoms. The van der Waals surface area contributed by atoms with Gasteiger partial charge in [-0.1, -0.05) is 26.7 Å². The summed E-state index contributed by atoms with van der Waals surface area (Å²) in [6, 6.07) is 0. The number of nitrogens with one attached hydrogen (secondary N) is 1. The Kier molecular flexibility index (Phi) is 5.90. The van der Waals surface area contributed by atoms with E-state index in [9.17, 15) is 4.79 Å². The van der Waals surface area contributed by atoms with E-state index in [0.717, 1.165) is 37.8 Å². The molecule has 2 heterocycles. The Morgan fingerprint density at radius 3 is 2.57 bits per heavy atom. The van der Waals surface area contributed by atoms with E-state index in [1.165, 1.54) is 0 Å². The Balaban J connectivity index is 2.43. The van der Waals surface area contributed by atoms with Crippen LogP contribution >= 0.6 is 0 Å². The summed E-state index contributed by atoms with van der Waals surface area (Å²) >= 11 is 0. The number of amides is 1. The van der Waals surface area contributed by atoms with E-state index in [-0.39, 0.29) is 5.91 Å². The lowest BCUT2D eigenvalue weighted by atomic mass is 10.1. The van der Waals surface area contributed by atoms with Crippen molar-refractivity contribution in [3.8, 4) is 0 Å². The third-order valence-electron chi connectivity index (χ3n) is 3.76. The molecule has 0 aliphatic heterocycles. The SMILES string of the molecule is CCCCNC(=O)c1nc2c(N)nn(CC)c2nc1CCCC. The molecule has 0 unspecified atom stereocenters. The molecule has 0 fully saturated rings. The van der Waals surface area contributed by atoms with Gasteiger partial charge in [-0.05, 0) is 26.2 Å². The van der Waals surface area contributed by atoms with Gasteiger partial charge in [0.15, 0.2) is 22.7 Å². The van der Waals surface area contributed by atoms with Gasteiger partial charge in [-0.3, -0.25) is 4.79 Å². The minimum Gasteiger partial charge on any atom is -0.380 e. The minimum absolute atomic E-state index is 0.178. The largest absolute Gasteiger partial charge is 0.380 e. The van der Waals surface area contributed by atoms with E-state index in [1.807, 2.05) is 6.92 Å². The van der Waals surface area contributed by atoms with E-state index in [4.69, 9.17) is 5.73 Å². The number of nitrogens with zero attached hydrogens (tertiary/aromatic N) is 4. The molecule has 0 aliphatic rings. The molecular weight excluding hydrogens is 292 g/mol. The number of aryl methyl sites for hydroxylation is 2. The maximum Gasteiger partial charge on any atom is 0.271 e. The van der Waals surface area contributed by atoms with Crippen molar-refractivity contribution in [1.29, 1.82) is 0 Å². The molecule has 7 heteroatoms. The van der Waals surface area contributed by atoms with Crippen molar-refractivity contribution in [2.75, 3.05) is 12.3 Å². The van der Waals surface area contributed by atoms with Crippen molar-refractivity contribution >= 4 is 22.9 Å². The van der Waals surface area contributed by atoms with Crippen molar-refractivity contribution < 1.29 is 4.79 Å². The van der Waals surface area contributed by atoms with E-state index in [0.29, 0.717) is 35.8 Å². The summed E-state index contributed by atoms with van der Waals surface area (Å²) in [5, 5.41) is 7.16. The summed E-state index contributed by atoms with van der Waals surface area (Å²) in [6.07, 6.45) is 4.70. The Morgan fingerprint density at radius 1 is 1.17 bits per heavy atom. The summed E-state index contributed by atoms with van der Waals surface area (Å²) < 4.78 is 1.73. The number of unbranched alkanes of at least 4 members (excludes halogenated alkanes) is 2. The van der Waals surface area contributed by atoms with Crippen LogP contribution in [0.5, 0.6) is 0 Å². The summed E-state index contributed by atoms with van der Waals surface area (Å²) in [6.45, 7) is 7.49. The van der Waals surface area contributed by atoms with E-state index >= 15 is 0 Å². The Morgan fingerprint density at radius 2 is 1.91 bits per heavy atom. The number of anilines is 1. The molecule has 23 heavy (non-hydrogen) atoms. The first-order valence-electron chi connectivity index (χ1n) is 8.43. The fourth-order valence-electron chi connectivity index (χ4n) is 2.42. The predicted octanol–water partition coefficient (Wildman–Crippen LogP) is 2.30. The van der Waals surface area contributed by atoms with Gasteiger partial charge in [0, 0.05) is 13.1 Å². The second-order valence-corrected chi connectivity index (χ2v) is 5.61. The quantitative estimate of drug-likeness (QED) is 0.728. The second kappa shape index (κ2) is 7.89. The molecular formula is C16H26N6O. The Labute approximate surface area is 136 Å². The van der Waals surface area contributed by atoms with Gasteiger partial charge in [-0.25, -0.2) is 14.6 Å². The van der Waals surface area contributed by atoms with Crippen LogP contribution in [0.2, 0.25) is 0 Å². The highest BCUT2D eigenvalue weighted by molar-refractivity contribution is 5.96. The molecule has 7 nitrogen and oxygen atoms in total. The molecule has 126 valence electrons. The van der Waals surface area contributed by atoms with Gasteiger partial charge in [0.25, 0.3) is 5.91 Å². The number of nitrogens with two attached hydrogens (primary N) is 1. The van der Waals surface area contributed by atoms with Crippen LogP contribution in [-0.2, 0) is 13.0 Å². The summed E-state index contributed by atoms with van der Waals surface area (Å²) in [5.74, 6) is 0.140. The number of rotatable bonds is 8. The van der Waals surface area contributed by atoms with E-state index in [2.05, 4.69) is 34.2 Å². The highest BCUT2D eigenvalue weighted by Crippen LogP contribution is 2.20. The number of carbonyl (C=O) groups is 1. The lowest BCUT2D eigenvalue weighted by molar-refractivity contribution is 0.0947. The van der Waals surface area contributed by atoms with Gasteiger partial charge in [-0.2, -0.15) is 5.10 Å². The molecule has 0 saturated heterocycles. The standard InChI is InChI=1S/C16H26N6O/c1-4-7-9-11-12(16(23)18-10-8-5-2)20-13-14(17)21-22(6-3)15(13)19-11/h4-10H2,1-3H3,(H2,17,21)(H,18,23). The molecule has 0 spiro atoms. The third-order valence-corrected chi connectivity index (χ3v) is 3.76. The van der Waals surface area contributed by atoms with Crippen LogP contribution in [-0.4, -0.2) is 32.2 Å². The van der Waals surface area contributed by atoms with Gasteiger partial charge >= 0.3 is 0 Å². The van der Waals surface area contributed by atoms with Gasteiger partial charge < -0.3 is 11.1 Å². The predicted molar refractivity (Wildman–Crippen MR) is 91.3 cm³/mol. The topological polar surface area (TPSA) is 98.7 Å². The monoisotopic (exact) mass is 318 g/mol. The Hall–Kier alpha value is -2.18. The zero-order valence-corrected chi connectivity index (χ0v) is 14.2. The number of fused-ring (bicyclic) bond motifs is 1. The van der Waals surface area contributed by atoms with Gasteiger partial charge in [0.05, 0.1) is 5.69 Å². The van der Waals surface area contributed by atoms with Crippen LogP contribution < -0.4 is 11.1 Å². The highest BCUT2D eigenvalue weighted by Gasteiger charge is 2.19. The van der Waals surface area contributed by atoms with Crippen LogP contribution in [0.4, 0.5) is 5.82 Å². The van der Waals surface area contributed by atoms with Crippen LogP contribution in [0.15, 0.2) is 0 Å². The first-order chi connectivity index (χ1) is 11.1. The molecule has 2 aromatic rings. The molecule has 1 amide bonds. The van der Waals surface area contributed by atoms with Gasteiger partial charge in [0.2, 0.25) is 0 Å². The minimum atomic E-state index is -0.178.